The minimum Gasteiger partial charge on any atom is -0.365 e. The molecule has 1 saturated heterocycles. The molecule has 19 heavy (non-hydrogen) atoms. The third kappa shape index (κ3) is 3.67. The molecule has 0 bridgehead atoms. The molecule has 2 aliphatic rings. The molecule has 0 radical (unpaired) electrons. The zero-order chi connectivity index (χ0) is 13.8. The Balaban J connectivity index is 1.82. The SMILES string of the molecule is CCN(C(C)CC1CCC2OCOC2C1)C(O)NC. The van der Waals surface area contributed by atoms with Crippen LogP contribution in [-0.2, 0) is 9.47 Å². The minimum atomic E-state index is -0.553. The maximum atomic E-state index is 9.94. The van der Waals surface area contributed by atoms with Crippen LogP contribution in [0.1, 0.15) is 39.5 Å². The smallest absolute Gasteiger partial charge is 0.163 e. The molecule has 0 spiro atoms. The van der Waals surface area contributed by atoms with Crippen LogP contribution in [0.3, 0.4) is 0 Å². The molecule has 2 fully saturated rings. The quantitative estimate of drug-likeness (QED) is 0.710. The van der Waals surface area contributed by atoms with Gasteiger partial charge in [-0.2, -0.15) is 0 Å². The second-order valence-corrected chi connectivity index (χ2v) is 5.78. The maximum absolute atomic E-state index is 9.94. The van der Waals surface area contributed by atoms with Crippen molar-refractivity contribution in [2.24, 2.45) is 5.92 Å². The van der Waals surface area contributed by atoms with Crippen molar-refractivity contribution in [2.75, 3.05) is 20.4 Å². The lowest BCUT2D eigenvalue weighted by Crippen LogP contribution is -2.49. The summed E-state index contributed by atoms with van der Waals surface area (Å²) in [5.41, 5.74) is 0. The lowest BCUT2D eigenvalue weighted by atomic mass is 9.82. The number of fused-ring (bicyclic) bond motifs is 1. The van der Waals surface area contributed by atoms with Gasteiger partial charge in [0.25, 0.3) is 0 Å². The van der Waals surface area contributed by atoms with Crippen LogP contribution < -0.4 is 5.32 Å². The molecule has 1 heterocycles. The molecular weight excluding hydrogens is 244 g/mol. The van der Waals surface area contributed by atoms with E-state index in [1.165, 1.54) is 6.42 Å². The molecule has 0 aromatic carbocycles. The van der Waals surface area contributed by atoms with Gasteiger partial charge in [-0.15, -0.1) is 0 Å². The van der Waals surface area contributed by atoms with Crippen LogP contribution >= 0.6 is 0 Å². The number of nitrogens with one attached hydrogen (secondary N) is 1. The Morgan fingerprint density at radius 1 is 1.32 bits per heavy atom. The fraction of sp³-hybridized carbons (Fsp3) is 1.00. The lowest BCUT2D eigenvalue weighted by molar-refractivity contribution is -0.0445. The molecule has 112 valence electrons. The molecular formula is C14H28N2O3. The summed E-state index contributed by atoms with van der Waals surface area (Å²) in [7, 11) is 1.79. The molecule has 0 amide bonds. The van der Waals surface area contributed by atoms with Crippen LogP contribution in [0.15, 0.2) is 0 Å². The third-order valence-electron chi connectivity index (χ3n) is 4.58. The summed E-state index contributed by atoms with van der Waals surface area (Å²) >= 11 is 0. The Kier molecular flexibility index (Phi) is 5.59. The second kappa shape index (κ2) is 6.99. The van der Waals surface area contributed by atoms with Crippen molar-refractivity contribution in [2.45, 2.75) is 64.1 Å². The molecule has 5 nitrogen and oxygen atoms in total. The van der Waals surface area contributed by atoms with Gasteiger partial charge in [0.15, 0.2) is 6.35 Å². The Hall–Kier alpha value is -0.200. The summed E-state index contributed by atoms with van der Waals surface area (Å²) in [5, 5.41) is 12.8. The highest BCUT2D eigenvalue weighted by molar-refractivity contribution is 4.85. The van der Waals surface area contributed by atoms with Gasteiger partial charge < -0.3 is 14.6 Å². The fourth-order valence-corrected chi connectivity index (χ4v) is 3.49. The van der Waals surface area contributed by atoms with Gasteiger partial charge in [-0.05, 0) is 52.1 Å². The number of aliphatic hydroxyl groups is 1. The van der Waals surface area contributed by atoms with E-state index in [-0.39, 0.29) is 0 Å². The number of hydrogen-bond donors (Lipinski definition) is 2. The van der Waals surface area contributed by atoms with E-state index < -0.39 is 6.35 Å². The average molecular weight is 272 g/mol. The van der Waals surface area contributed by atoms with Crippen molar-refractivity contribution in [1.29, 1.82) is 0 Å². The molecule has 2 rings (SSSR count). The van der Waals surface area contributed by atoms with Gasteiger partial charge in [-0.1, -0.05) is 6.92 Å². The highest BCUT2D eigenvalue weighted by atomic mass is 16.7. The molecule has 5 unspecified atom stereocenters. The van der Waals surface area contributed by atoms with Gasteiger partial charge in [0, 0.05) is 6.04 Å². The van der Waals surface area contributed by atoms with Crippen LogP contribution in [0.5, 0.6) is 0 Å². The number of hydrogen-bond acceptors (Lipinski definition) is 5. The molecule has 5 atom stereocenters. The molecule has 1 aliphatic heterocycles. The number of nitrogens with zero attached hydrogens (tertiary/aromatic N) is 1. The van der Waals surface area contributed by atoms with E-state index in [1.807, 2.05) is 0 Å². The number of ether oxygens (including phenoxy) is 2. The van der Waals surface area contributed by atoms with Crippen LogP contribution in [0.2, 0.25) is 0 Å². The van der Waals surface area contributed by atoms with E-state index in [0.717, 1.165) is 25.8 Å². The Bertz CT molecular complexity index is 277. The van der Waals surface area contributed by atoms with E-state index in [2.05, 4.69) is 24.1 Å². The van der Waals surface area contributed by atoms with E-state index in [0.29, 0.717) is 31.0 Å². The van der Waals surface area contributed by atoms with Crippen molar-refractivity contribution in [3.8, 4) is 0 Å². The van der Waals surface area contributed by atoms with Crippen LogP contribution in [0.4, 0.5) is 0 Å². The van der Waals surface area contributed by atoms with Gasteiger partial charge in [-0.25, -0.2) is 0 Å². The minimum absolute atomic E-state index is 0.301. The van der Waals surface area contributed by atoms with Gasteiger partial charge in [0.1, 0.15) is 6.79 Å². The fourth-order valence-electron chi connectivity index (χ4n) is 3.49. The van der Waals surface area contributed by atoms with E-state index in [4.69, 9.17) is 9.47 Å². The van der Waals surface area contributed by atoms with E-state index in [1.54, 1.807) is 7.05 Å². The summed E-state index contributed by atoms with van der Waals surface area (Å²) in [6, 6.07) is 0.372. The van der Waals surface area contributed by atoms with Gasteiger partial charge in [0.2, 0.25) is 0 Å². The Morgan fingerprint density at radius 2 is 2.05 bits per heavy atom. The number of rotatable bonds is 6. The summed E-state index contributed by atoms with van der Waals surface area (Å²) in [5.74, 6) is 0.677. The third-order valence-corrected chi connectivity index (χ3v) is 4.58. The predicted molar refractivity (Wildman–Crippen MR) is 73.5 cm³/mol. The topological polar surface area (TPSA) is 54.0 Å². The number of aliphatic hydroxyl groups excluding tert-OH is 1. The zero-order valence-corrected chi connectivity index (χ0v) is 12.3. The van der Waals surface area contributed by atoms with Crippen molar-refractivity contribution in [3.63, 3.8) is 0 Å². The normalized spacial score (nSPS) is 34.3. The monoisotopic (exact) mass is 272 g/mol. The highest BCUT2D eigenvalue weighted by Crippen LogP contribution is 2.34. The summed E-state index contributed by atoms with van der Waals surface area (Å²) in [6.07, 6.45) is 4.61. The molecule has 2 N–H and O–H groups in total. The molecule has 1 saturated carbocycles. The van der Waals surface area contributed by atoms with Crippen molar-refractivity contribution < 1.29 is 14.6 Å². The Labute approximate surface area is 116 Å². The largest absolute Gasteiger partial charge is 0.365 e. The molecule has 5 heteroatoms. The predicted octanol–water partition coefficient (Wildman–Crippen LogP) is 1.12. The van der Waals surface area contributed by atoms with E-state index in [9.17, 15) is 5.11 Å². The molecule has 0 aromatic heterocycles. The summed E-state index contributed by atoms with van der Waals surface area (Å²) in [4.78, 5) is 2.10. The summed E-state index contributed by atoms with van der Waals surface area (Å²) < 4.78 is 11.2. The van der Waals surface area contributed by atoms with Crippen LogP contribution in [0.25, 0.3) is 0 Å². The first kappa shape index (κ1) is 15.2. The first-order valence-corrected chi connectivity index (χ1v) is 7.50. The van der Waals surface area contributed by atoms with Crippen LogP contribution in [0, 0.1) is 5.92 Å². The van der Waals surface area contributed by atoms with Crippen molar-refractivity contribution in [3.05, 3.63) is 0 Å². The lowest BCUT2D eigenvalue weighted by Gasteiger charge is -2.36. The van der Waals surface area contributed by atoms with Crippen molar-refractivity contribution >= 4 is 0 Å². The van der Waals surface area contributed by atoms with E-state index >= 15 is 0 Å². The highest BCUT2D eigenvalue weighted by Gasteiger charge is 2.36. The standard InChI is InChI=1S/C14H28N2O3/c1-4-16(14(17)15-3)10(2)7-11-5-6-12-13(8-11)19-9-18-12/h10-15,17H,4-9H2,1-3H3. The Morgan fingerprint density at radius 3 is 2.74 bits per heavy atom. The van der Waals surface area contributed by atoms with Gasteiger partial charge in [0.05, 0.1) is 12.2 Å². The van der Waals surface area contributed by atoms with Gasteiger partial charge in [-0.3, -0.25) is 10.2 Å². The summed E-state index contributed by atoms with van der Waals surface area (Å²) in [6.45, 7) is 5.60. The second-order valence-electron chi connectivity index (χ2n) is 5.78. The first-order chi connectivity index (χ1) is 9.15. The molecule has 1 aliphatic carbocycles. The molecule has 0 aromatic rings. The zero-order valence-electron chi connectivity index (χ0n) is 12.3. The van der Waals surface area contributed by atoms with Crippen molar-refractivity contribution in [1.82, 2.24) is 10.2 Å². The average Bonchev–Trinajstić information content (AvgIpc) is 2.86. The van der Waals surface area contributed by atoms with Gasteiger partial charge >= 0.3 is 0 Å². The first-order valence-electron chi connectivity index (χ1n) is 7.50. The maximum Gasteiger partial charge on any atom is 0.163 e. The van der Waals surface area contributed by atoms with Crippen LogP contribution in [-0.4, -0.2) is 55.0 Å².